The quantitative estimate of drug-likeness (QED) is 0.779. The lowest BCUT2D eigenvalue weighted by atomic mass is 10.2. The summed E-state index contributed by atoms with van der Waals surface area (Å²) in [5.74, 6) is 1.07. The molecule has 0 spiro atoms. The largest absolute Gasteiger partial charge is 0.354 e. The van der Waals surface area contributed by atoms with Gasteiger partial charge < -0.3 is 14.7 Å². The fraction of sp³-hybridized carbons (Fsp3) is 0.478. The fourth-order valence-corrected chi connectivity index (χ4v) is 4.13. The Morgan fingerprint density at radius 1 is 0.862 bits per heavy atom. The van der Waals surface area contributed by atoms with Crippen LogP contribution in [0.5, 0.6) is 0 Å². The third kappa shape index (κ3) is 4.95. The highest BCUT2D eigenvalue weighted by Gasteiger charge is 2.22. The Labute approximate surface area is 173 Å². The average molecular weight is 394 g/mol. The van der Waals surface area contributed by atoms with Crippen molar-refractivity contribution in [2.75, 3.05) is 63.8 Å². The maximum Gasteiger partial charge on any atom is 0.255 e. The summed E-state index contributed by atoms with van der Waals surface area (Å²) >= 11 is 0. The van der Waals surface area contributed by atoms with Crippen LogP contribution in [0.25, 0.3) is 0 Å². The number of nitrogens with zero attached hydrogens (tertiary/aromatic N) is 5. The van der Waals surface area contributed by atoms with E-state index in [1.165, 1.54) is 5.56 Å². The summed E-state index contributed by atoms with van der Waals surface area (Å²) in [5.41, 5.74) is 2.06. The van der Waals surface area contributed by atoms with Crippen molar-refractivity contribution in [2.45, 2.75) is 13.5 Å². The first-order valence-corrected chi connectivity index (χ1v) is 10.7. The van der Waals surface area contributed by atoms with Crippen molar-refractivity contribution >= 4 is 11.7 Å². The monoisotopic (exact) mass is 393 g/mol. The van der Waals surface area contributed by atoms with Gasteiger partial charge in [0.25, 0.3) is 5.91 Å². The maximum absolute atomic E-state index is 12.7. The summed E-state index contributed by atoms with van der Waals surface area (Å²) in [6, 6.07) is 14.6. The molecule has 1 amide bonds. The van der Waals surface area contributed by atoms with E-state index in [2.05, 4.69) is 56.9 Å². The number of carbonyl (C=O) groups is 1. The molecule has 29 heavy (non-hydrogen) atoms. The predicted octanol–water partition coefficient (Wildman–Crippen LogP) is 2.18. The van der Waals surface area contributed by atoms with Crippen LogP contribution in [0.3, 0.4) is 0 Å². The Kier molecular flexibility index (Phi) is 6.42. The van der Waals surface area contributed by atoms with Crippen LogP contribution in [0.4, 0.5) is 5.82 Å². The Bertz CT molecular complexity index is 779. The molecule has 0 unspecified atom stereocenters. The van der Waals surface area contributed by atoms with E-state index < -0.39 is 0 Å². The van der Waals surface area contributed by atoms with E-state index in [9.17, 15) is 4.79 Å². The van der Waals surface area contributed by atoms with E-state index in [0.29, 0.717) is 5.56 Å². The van der Waals surface area contributed by atoms with Crippen LogP contribution in [0.15, 0.2) is 48.7 Å². The molecule has 2 aliphatic heterocycles. The topological polar surface area (TPSA) is 42.9 Å². The Morgan fingerprint density at radius 2 is 1.55 bits per heavy atom. The van der Waals surface area contributed by atoms with Gasteiger partial charge in [-0.3, -0.25) is 9.69 Å². The standard InChI is InChI=1S/C23H31N5O/c1-2-25-10-16-28(17-11-25)23(29)21-8-9-22(24-18-21)27-14-12-26(13-15-27)19-20-6-4-3-5-7-20/h3-9,18H,2,10-17,19H2,1H3. The highest BCUT2D eigenvalue weighted by atomic mass is 16.2. The van der Waals surface area contributed by atoms with Crippen molar-refractivity contribution in [2.24, 2.45) is 0 Å². The minimum atomic E-state index is 0.104. The Balaban J connectivity index is 1.29. The van der Waals surface area contributed by atoms with Crippen molar-refractivity contribution in [1.82, 2.24) is 19.7 Å². The molecule has 0 atom stereocenters. The van der Waals surface area contributed by atoms with Gasteiger partial charge >= 0.3 is 0 Å². The third-order valence-corrected chi connectivity index (χ3v) is 6.05. The maximum atomic E-state index is 12.7. The molecule has 154 valence electrons. The lowest BCUT2D eigenvalue weighted by Gasteiger charge is -2.35. The number of aromatic nitrogens is 1. The summed E-state index contributed by atoms with van der Waals surface area (Å²) in [4.78, 5) is 26.5. The number of amides is 1. The molecule has 0 aliphatic carbocycles. The number of benzene rings is 1. The molecule has 4 rings (SSSR count). The number of carbonyl (C=O) groups excluding carboxylic acids is 1. The van der Waals surface area contributed by atoms with Gasteiger partial charge in [-0.15, -0.1) is 0 Å². The summed E-state index contributed by atoms with van der Waals surface area (Å²) in [5, 5.41) is 0. The van der Waals surface area contributed by atoms with Crippen LogP contribution in [-0.4, -0.2) is 84.5 Å². The fourth-order valence-electron chi connectivity index (χ4n) is 4.13. The van der Waals surface area contributed by atoms with Crippen molar-refractivity contribution < 1.29 is 4.79 Å². The molecular weight excluding hydrogens is 362 g/mol. The number of pyridine rings is 1. The SMILES string of the molecule is CCN1CCN(C(=O)c2ccc(N3CCN(Cc4ccccc4)CC3)nc2)CC1. The molecule has 3 heterocycles. The molecule has 2 saturated heterocycles. The molecule has 2 aliphatic rings. The molecule has 6 heteroatoms. The lowest BCUT2D eigenvalue weighted by Crippen LogP contribution is -2.48. The zero-order valence-electron chi connectivity index (χ0n) is 17.3. The van der Waals surface area contributed by atoms with Gasteiger partial charge in [0.2, 0.25) is 0 Å². The van der Waals surface area contributed by atoms with E-state index in [1.54, 1.807) is 6.20 Å². The second-order valence-electron chi connectivity index (χ2n) is 7.88. The van der Waals surface area contributed by atoms with E-state index in [-0.39, 0.29) is 5.91 Å². The van der Waals surface area contributed by atoms with Crippen molar-refractivity contribution in [3.8, 4) is 0 Å². The number of piperazine rings is 2. The first-order chi connectivity index (χ1) is 14.2. The van der Waals surface area contributed by atoms with Gasteiger partial charge in [-0.25, -0.2) is 4.98 Å². The van der Waals surface area contributed by atoms with Crippen molar-refractivity contribution in [1.29, 1.82) is 0 Å². The number of rotatable bonds is 5. The third-order valence-electron chi connectivity index (χ3n) is 6.05. The minimum absolute atomic E-state index is 0.104. The van der Waals surface area contributed by atoms with Crippen LogP contribution in [0.1, 0.15) is 22.8 Å². The van der Waals surface area contributed by atoms with Crippen LogP contribution in [-0.2, 0) is 6.54 Å². The van der Waals surface area contributed by atoms with Gasteiger partial charge in [0.05, 0.1) is 5.56 Å². The smallest absolute Gasteiger partial charge is 0.255 e. The first-order valence-electron chi connectivity index (χ1n) is 10.7. The molecule has 0 saturated carbocycles. The summed E-state index contributed by atoms with van der Waals surface area (Å²) < 4.78 is 0. The van der Waals surface area contributed by atoms with Crippen LogP contribution < -0.4 is 4.90 Å². The summed E-state index contributed by atoms with van der Waals surface area (Å²) in [7, 11) is 0. The highest BCUT2D eigenvalue weighted by molar-refractivity contribution is 5.94. The zero-order valence-corrected chi connectivity index (χ0v) is 17.3. The highest BCUT2D eigenvalue weighted by Crippen LogP contribution is 2.17. The van der Waals surface area contributed by atoms with Gasteiger partial charge in [0, 0.05) is 65.1 Å². The van der Waals surface area contributed by atoms with Crippen molar-refractivity contribution in [3.63, 3.8) is 0 Å². The van der Waals surface area contributed by atoms with E-state index in [1.807, 2.05) is 17.0 Å². The number of hydrogen-bond acceptors (Lipinski definition) is 5. The molecule has 0 N–H and O–H groups in total. The van der Waals surface area contributed by atoms with Gasteiger partial charge in [-0.05, 0) is 24.2 Å². The van der Waals surface area contributed by atoms with E-state index >= 15 is 0 Å². The molecule has 1 aromatic heterocycles. The second kappa shape index (κ2) is 9.37. The summed E-state index contributed by atoms with van der Waals surface area (Å²) in [6.07, 6.45) is 1.75. The van der Waals surface area contributed by atoms with Gasteiger partial charge in [0.15, 0.2) is 0 Å². The minimum Gasteiger partial charge on any atom is -0.354 e. The molecule has 1 aromatic carbocycles. The lowest BCUT2D eigenvalue weighted by molar-refractivity contribution is 0.0643. The Hall–Kier alpha value is -2.44. The zero-order chi connectivity index (χ0) is 20.1. The Morgan fingerprint density at radius 3 is 2.17 bits per heavy atom. The van der Waals surface area contributed by atoms with E-state index in [4.69, 9.17) is 0 Å². The molecule has 2 aromatic rings. The van der Waals surface area contributed by atoms with Gasteiger partial charge in [-0.1, -0.05) is 37.3 Å². The van der Waals surface area contributed by atoms with Gasteiger partial charge in [0.1, 0.15) is 5.82 Å². The number of anilines is 1. The van der Waals surface area contributed by atoms with Gasteiger partial charge in [-0.2, -0.15) is 0 Å². The molecule has 2 fully saturated rings. The molecule has 6 nitrogen and oxygen atoms in total. The summed E-state index contributed by atoms with van der Waals surface area (Å²) in [6.45, 7) is 11.7. The number of likely N-dealkylation sites (N-methyl/N-ethyl adjacent to an activating group) is 1. The average Bonchev–Trinajstić information content (AvgIpc) is 2.80. The van der Waals surface area contributed by atoms with Crippen molar-refractivity contribution in [3.05, 3.63) is 59.8 Å². The number of hydrogen-bond donors (Lipinski definition) is 0. The first kappa shape index (κ1) is 19.9. The molecule has 0 bridgehead atoms. The molecule has 0 radical (unpaired) electrons. The molecular formula is C23H31N5O. The van der Waals surface area contributed by atoms with Crippen LogP contribution in [0.2, 0.25) is 0 Å². The predicted molar refractivity (Wildman–Crippen MR) is 116 cm³/mol. The van der Waals surface area contributed by atoms with Crippen LogP contribution in [0, 0.1) is 0 Å². The second-order valence-corrected chi connectivity index (χ2v) is 7.88. The normalized spacial score (nSPS) is 18.8. The van der Waals surface area contributed by atoms with E-state index in [0.717, 1.165) is 71.3 Å². The van der Waals surface area contributed by atoms with Crippen LogP contribution >= 0.6 is 0 Å².